The highest BCUT2D eigenvalue weighted by Gasteiger charge is 2.38. The van der Waals surface area contributed by atoms with Crippen molar-refractivity contribution in [3.63, 3.8) is 0 Å². The lowest BCUT2D eigenvalue weighted by Crippen LogP contribution is -2.54. The number of nitrogens with one attached hydrogen (secondary N) is 1. The Kier molecular flexibility index (Phi) is 3.79. The van der Waals surface area contributed by atoms with Gasteiger partial charge in [0, 0.05) is 12.1 Å². The largest absolute Gasteiger partial charge is 0.382 e. The normalized spacial score (nSPS) is 17.1. The Morgan fingerprint density at radius 3 is 2.67 bits per heavy atom. The van der Waals surface area contributed by atoms with E-state index in [0.717, 1.165) is 12.2 Å². The minimum Gasteiger partial charge on any atom is -0.382 e. The first-order valence-electron chi connectivity index (χ1n) is 6.19. The Bertz CT molecular complexity index is 472. The predicted molar refractivity (Wildman–Crippen MR) is 74.9 cm³/mol. The number of anilines is 1. The molecule has 0 aromatic heterocycles. The summed E-state index contributed by atoms with van der Waals surface area (Å²) in [4.78, 5) is 2.28. The first-order valence-corrected chi connectivity index (χ1v) is 6.57. The van der Waals surface area contributed by atoms with Gasteiger partial charge >= 0.3 is 0 Å². The summed E-state index contributed by atoms with van der Waals surface area (Å²) < 4.78 is 0. The number of nitriles is 1. The summed E-state index contributed by atoms with van der Waals surface area (Å²) in [6.07, 6.45) is 3.69. The van der Waals surface area contributed by atoms with E-state index < -0.39 is 0 Å². The molecule has 0 unspecified atom stereocenters. The third kappa shape index (κ3) is 2.31. The summed E-state index contributed by atoms with van der Waals surface area (Å²) in [6, 6.07) is 7.68. The molecule has 1 aromatic carbocycles. The van der Waals surface area contributed by atoms with Crippen LogP contribution >= 0.6 is 11.6 Å². The highest BCUT2D eigenvalue weighted by Crippen LogP contribution is 2.36. The van der Waals surface area contributed by atoms with Crippen LogP contribution in [0.4, 0.5) is 5.69 Å². The van der Waals surface area contributed by atoms with Crippen molar-refractivity contribution in [2.24, 2.45) is 0 Å². The molecule has 1 aliphatic rings. The Labute approximate surface area is 113 Å². The molecule has 0 atom stereocenters. The van der Waals surface area contributed by atoms with Crippen molar-refractivity contribution in [2.45, 2.75) is 24.8 Å². The molecule has 3 nitrogen and oxygen atoms in total. The van der Waals surface area contributed by atoms with Crippen LogP contribution in [-0.2, 0) is 0 Å². The van der Waals surface area contributed by atoms with E-state index in [0.29, 0.717) is 10.6 Å². The molecule has 1 N–H and O–H groups in total. The van der Waals surface area contributed by atoms with E-state index in [1.165, 1.54) is 19.3 Å². The molecule has 0 radical (unpaired) electrons. The van der Waals surface area contributed by atoms with Gasteiger partial charge in [-0.25, -0.2) is 0 Å². The van der Waals surface area contributed by atoms with E-state index in [2.05, 4.69) is 30.4 Å². The zero-order valence-corrected chi connectivity index (χ0v) is 11.6. The van der Waals surface area contributed by atoms with Crippen molar-refractivity contribution < 1.29 is 0 Å². The first kappa shape index (κ1) is 13.2. The van der Waals surface area contributed by atoms with Crippen molar-refractivity contribution in [3.05, 3.63) is 28.8 Å². The quantitative estimate of drug-likeness (QED) is 0.907. The molecule has 1 aromatic rings. The SMILES string of the molecule is CN(C)C1(CNc2cccc(Cl)c2C#N)CCC1. The zero-order chi connectivity index (χ0) is 13.2. The fraction of sp³-hybridized carbons (Fsp3) is 0.500. The Morgan fingerprint density at radius 2 is 2.17 bits per heavy atom. The summed E-state index contributed by atoms with van der Waals surface area (Å²) in [5, 5.41) is 13.0. The molecule has 2 rings (SSSR count). The molecule has 0 heterocycles. The van der Waals surface area contributed by atoms with Crippen molar-refractivity contribution >= 4 is 17.3 Å². The van der Waals surface area contributed by atoms with Gasteiger partial charge in [-0.1, -0.05) is 17.7 Å². The minimum absolute atomic E-state index is 0.231. The topological polar surface area (TPSA) is 39.1 Å². The first-order chi connectivity index (χ1) is 8.59. The molecule has 0 amide bonds. The highest BCUT2D eigenvalue weighted by molar-refractivity contribution is 6.32. The van der Waals surface area contributed by atoms with Crippen LogP contribution in [-0.4, -0.2) is 31.1 Å². The predicted octanol–water partition coefficient (Wildman–Crippen LogP) is 3.11. The molecule has 0 aliphatic heterocycles. The fourth-order valence-corrected chi connectivity index (χ4v) is 2.63. The smallest absolute Gasteiger partial charge is 0.103 e. The summed E-state index contributed by atoms with van der Waals surface area (Å²) in [7, 11) is 4.23. The minimum atomic E-state index is 0.231. The van der Waals surface area contributed by atoms with Crippen LogP contribution in [0.2, 0.25) is 5.02 Å². The average molecular weight is 264 g/mol. The van der Waals surface area contributed by atoms with Crippen LogP contribution in [0, 0.1) is 11.3 Å². The number of halogens is 1. The lowest BCUT2D eigenvalue weighted by Gasteiger charge is -2.47. The van der Waals surface area contributed by atoms with Crippen molar-refractivity contribution in [2.75, 3.05) is 26.0 Å². The molecule has 0 spiro atoms. The van der Waals surface area contributed by atoms with Gasteiger partial charge in [0.1, 0.15) is 6.07 Å². The van der Waals surface area contributed by atoms with Crippen molar-refractivity contribution in [1.82, 2.24) is 4.90 Å². The van der Waals surface area contributed by atoms with Gasteiger partial charge in [-0.15, -0.1) is 0 Å². The molecule has 1 aliphatic carbocycles. The molecule has 0 saturated heterocycles. The van der Waals surface area contributed by atoms with Gasteiger partial charge in [-0.05, 0) is 45.5 Å². The van der Waals surface area contributed by atoms with Crippen LogP contribution in [0.15, 0.2) is 18.2 Å². The number of likely N-dealkylation sites (N-methyl/N-ethyl adjacent to an activating group) is 1. The molecule has 1 fully saturated rings. The Hall–Kier alpha value is -1.24. The van der Waals surface area contributed by atoms with E-state index in [4.69, 9.17) is 16.9 Å². The molecule has 4 heteroatoms. The standard InChI is InChI=1S/C14H18ClN3/c1-18(2)14(7-4-8-14)10-17-13-6-3-5-12(15)11(13)9-16/h3,5-6,17H,4,7-8,10H2,1-2H3. The number of benzene rings is 1. The number of hydrogen-bond acceptors (Lipinski definition) is 3. The van der Waals surface area contributed by atoms with Gasteiger partial charge in [-0.3, -0.25) is 0 Å². The third-order valence-electron chi connectivity index (χ3n) is 3.97. The lowest BCUT2D eigenvalue weighted by molar-refractivity contribution is 0.0739. The number of hydrogen-bond donors (Lipinski definition) is 1. The van der Waals surface area contributed by atoms with Crippen LogP contribution < -0.4 is 5.32 Å². The number of nitrogens with zero attached hydrogens (tertiary/aromatic N) is 2. The van der Waals surface area contributed by atoms with Gasteiger partial charge in [0.15, 0.2) is 0 Å². The highest BCUT2D eigenvalue weighted by atomic mass is 35.5. The van der Waals surface area contributed by atoms with Crippen molar-refractivity contribution in [1.29, 1.82) is 5.26 Å². The maximum Gasteiger partial charge on any atom is 0.103 e. The summed E-state index contributed by atoms with van der Waals surface area (Å²) in [6.45, 7) is 0.856. The second-order valence-electron chi connectivity index (χ2n) is 5.10. The summed E-state index contributed by atoms with van der Waals surface area (Å²) in [5.74, 6) is 0. The number of rotatable bonds is 4. The van der Waals surface area contributed by atoms with Crippen LogP contribution in [0.5, 0.6) is 0 Å². The lowest BCUT2D eigenvalue weighted by atomic mass is 9.75. The van der Waals surface area contributed by atoms with Gasteiger partial charge in [0.05, 0.1) is 16.3 Å². The molecular formula is C14H18ClN3. The van der Waals surface area contributed by atoms with Gasteiger partial charge in [-0.2, -0.15) is 5.26 Å². The maximum atomic E-state index is 9.12. The fourth-order valence-electron chi connectivity index (χ4n) is 2.41. The van der Waals surface area contributed by atoms with E-state index in [1.54, 1.807) is 6.07 Å². The molecule has 18 heavy (non-hydrogen) atoms. The van der Waals surface area contributed by atoms with Crippen LogP contribution in [0.1, 0.15) is 24.8 Å². The molecule has 96 valence electrons. The zero-order valence-electron chi connectivity index (χ0n) is 10.8. The Morgan fingerprint density at radius 1 is 1.44 bits per heavy atom. The second-order valence-corrected chi connectivity index (χ2v) is 5.51. The molecule has 1 saturated carbocycles. The van der Waals surface area contributed by atoms with Gasteiger partial charge in [0.25, 0.3) is 0 Å². The monoisotopic (exact) mass is 263 g/mol. The maximum absolute atomic E-state index is 9.12. The van der Waals surface area contributed by atoms with Crippen LogP contribution in [0.3, 0.4) is 0 Å². The van der Waals surface area contributed by atoms with Gasteiger partial charge in [0.2, 0.25) is 0 Å². The van der Waals surface area contributed by atoms with E-state index >= 15 is 0 Å². The van der Waals surface area contributed by atoms with E-state index in [1.807, 2.05) is 12.1 Å². The van der Waals surface area contributed by atoms with Crippen LogP contribution in [0.25, 0.3) is 0 Å². The molecule has 0 bridgehead atoms. The van der Waals surface area contributed by atoms with Crippen molar-refractivity contribution in [3.8, 4) is 6.07 Å². The summed E-state index contributed by atoms with van der Waals surface area (Å²) in [5.41, 5.74) is 1.60. The van der Waals surface area contributed by atoms with Gasteiger partial charge < -0.3 is 10.2 Å². The second kappa shape index (κ2) is 5.17. The Balaban J connectivity index is 2.11. The van der Waals surface area contributed by atoms with E-state index in [9.17, 15) is 0 Å². The summed E-state index contributed by atoms with van der Waals surface area (Å²) >= 11 is 6.02. The average Bonchev–Trinajstić information content (AvgIpc) is 2.27. The van der Waals surface area contributed by atoms with E-state index in [-0.39, 0.29) is 5.54 Å². The third-order valence-corrected chi connectivity index (χ3v) is 4.28. The molecular weight excluding hydrogens is 246 g/mol.